The molecule has 2 aromatic carbocycles. The van der Waals surface area contributed by atoms with E-state index < -0.39 is 12.1 Å². The highest BCUT2D eigenvalue weighted by Gasteiger charge is 2.38. The lowest BCUT2D eigenvalue weighted by molar-refractivity contribution is -0.124. The predicted molar refractivity (Wildman–Crippen MR) is 99.6 cm³/mol. The standard InChI is InChI=1S/C20H23N3O3/c1-14-7-5-6-8-15(14)12-21-19(25)18-11-17(24)13-23(18)20(26)22-16-9-3-2-4-10-16/h2-10,17-18,24H,11-13H2,1H3,(H,21,25)(H,22,26). The van der Waals surface area contributed by atoms with Gasteiger partial charge in [0.15, 0.2) is 0 Å². The first-order valence-corrected chi connectivity index (χ1v) is 8.67. The summed E-state index contributed by atoms with van der Waals surface area (Å²) in [5, 5.41) is 15.6. The molecular formula is C20H23N3O3. The van der Waals surface area contributed by atoms with Gasteiger partial charge in [0.1, 0.15) is 6.04 Å². The third-order valence-electron chi connectivity index (χ3n) is 4.58. The Morgan fingerprint density at radius 1 is 1.12 bits per heavy atom. The minimum atomic E-state index is -0.703. The van der Waals surface area contributed by atoms with Crippen LogP contribution in [0.15, 0.2) is 54.6 Å². The van der Waals surface area contributed by atoms with Crippen LogP contribution in [0.2, 0.25) is 0 Å². The number of nitrogens with one attached hydrogen (secondary N) is 2. The summed E-state index contributed by atoms with van der Waals surface area (Å²) in [6, 6.07) is 15.8. The largest absolute Gasteiger partial charge is 0.391 e. The van der Waals surface area contributed by atoms with Crippen molar-refractivity contribution < 1.29 is 14.7 Å². The van der Waals surface area contributed by atoms with Crippen LogP contribution in [-0.4, -0.2) is 40.6 Å². The van der Waals surface area contributed by atoms with E-state index in [-0.39, 0.29) is 24.9 Å². The molecule has 1 heterocycles. The van der Waals surface area contributed by atoms with Gasteiger partial charge in [-0.15, -0.1) is 0 Å². The number of likely N-dealkylation sites (tertiary alicyclic amines) is 1. The zero-order valence-corrected chi connectivity index (χ0v) is 14.7. The second-order valence-corrected chi connectivity index (χ2v) is 6.50. The topological polar surface area (TPSA) is 81.7 Å². The van der Waals surface area contributed by atoms with Crippen LogP contribution < -0.4 is 10.6 Å². The smallest absolute Gasteiger partial charge is 0.322 e. The van der Waals surface area contributed by atoms with Crippen molar-refractivity contribution in [3.63, 3.8) is 0 Å². The average Bonchev–Trinajstić information content (AvgIpc) is 3.04. The van der Waals surface area contributed by atoms with E-state index >= 15 is 0 Å². The normalized spacial score (nSPS) is 19.2. The van der Waals surface area contributed by atoms with Gasteiger partial charge in [0.25, 0.3) is 0 Å². The van der Waals surface area contributed by atoms with Crippen LogP contribution in [0.4, 0.5) is 10.5 Å². The SMILES string of the molecule is Cc1ccccc1CNC(=O)C1CC(O)CN1C(=O)Nc1ccccc1. The molecule has 2 atom stereocenters. The number of rotatable bonds is 4. The van der Waals surface area contributed by atoms with Crippen LogP contribution in [0, 0.1) is 6.92 Å². The van der Waals surface area contributed by atoms with Crippen molar-refractivity contribution in [2.45, 2.75) is 32.0 Å². The van der Waals surface area contributed by atoms with Gasteiger partial charge in [-0.25, -0.2) is 4.79 Å². The van der Waals surface area contributed by atoms with Crippen molar-refractivity contribution in [2.24, 2.45) is 0 Å². The Kier molecular flexibility index (Phi) is 5.53. The van der Waals surface area contributed by atoms with Gasteiger partial charge in [-0.2, -0.15) is 0 Å². The van der Waals surface area contributed by atoms with Gasteiger partial charge in [0, 0.05) is 25.2 Å². The number of nitrogens with zero attached hydrogens (tertiary/aromatic N) is 1. The molecule has 3 rings (SSSR count). The van der Waals surface area contributed by atoms with E-state index in [1.54, 1.807) is 12.1 Å². The highest BCUT2D eigenvalue weighted by molar-refractivity contribution is 5.94. The molecule has 3 N–H and O–H groups in total. The maximum Gasteiger partial charge on any atom is 0.322 e. The molecule has 26 heavy (non-hydrogen) atoms. The number of hydrogen-bond acceptors (Lipinski definition) is 3. The molecule has 6 nitrogen and oxygen atoms in total. The molecule has 3 amide bonds. The van der Waals surface area contributed by atoms with E-state index in [2.05, 4.69) is 10.6 Å². The molecule has 2 unspecified atom stereocenters. The van der Waals surface area contributed by atoms with Gasteiger partial charge in [0.05, 0.1) is 6.10 Å². The van der Waals surface area contributed by atoms with Crippen molar-refractivity contribution in [3.8, 4) is 0 Å². The number of β-amino-alcohol motifs (C(OH)–C–C–N with tert-alkyl or cyclic N) is 1. The molecule has 0 saturated carbocycles. The monoisotopic (exact) mass is 353 g/mol. The Hall–Kier alpha value is -2.86. The molecule has 2 aromatic rings. The summed E-state index contributed by atoms with van der Waals surface area (Å²) in [5.74, 6) is -0.256. The van der Waals surface area contributed by atoms with Crippen LogP contribution in [0.25, 0.3) is 0 Å². The van der Waals surface area contributed by atoms with Gasteiger partial charge >= 0.3 is 6.03 Å². The number of aliphatic hydroxyl groups excluding tert-OH is 1. The van der Waals surface area contributed by atoms with Gasteiger partial charge < -0.3 is 20.6 Å². The second-order valence-electron chi connectivity index (χ2n) is 6.50. The number of urea groups is 1. The lowest BCUT2D eigenvalue weighted by Crippen LogP contribution is -2.47. The van der Waals surface area contributed by atoms with Crippen molar-refractivity contribution in [1.29, 1.82) is 0 Å². The minimum Gasteiger partial charge on any atom is -0.391 e. The summed E-state index contributed by atoms with van der Waals surface area (Å²) < 4.78 is 0. The first kappa shape index (κ1) is 17.9. The number of aliphatic hydroxyl groups is 1. The summed E-state index contributed by atoms with van der Waals surface area (Å²) in [7, 11) is 0. The van der Waals surface area contributed by atoms with E-state index in [1.807, 2.05) is 49.4 Å². The van der Waals surface area contributed by atoms with Crippen molar-refractivity contribution >= 4 is 17.6 Å². The van der Waals surface area contributed by atoms with Gasteiger partial charge in [-0.3, -0.25) is 4.79 Å². The third-order valence-corrected chi connectivity index (χ3v) is 4.58. The Morgan fingerprint density at radius 3 is 2.54 bits per heavy atom. The molecule has 0 aromatic heterocycles. The molecule has 1 saturated heterocycles. The molecule has 136 valence electrons. The molecule has 0 aliphatic carbocycles. The molecule has 1 aliphatic heterocycles. The lowest BCUT2D eigenvalue weighted by Gasteiger charge is -2.24. The number of hydrogen-bond donors (Lipinski definition) is 3. The van der Waals surface area contributed by atoms with Crippen LogP contribution >= 0.6 is 0 Å². The van der Waals surface area contributed by atoms with Crippen molar-refractivity contribution in [1.82, 2.24) is 10.2 Å². The fourth-order valence-corrected chi connectivity index (χ4v) is 3.11. The average molecular weight is 353 g/mol. The summed E-state index contributed by atoms with van der Waals surface area (Å²) in [5.41, 5.74) is 2.77. The van der Waals surface area contributed by atoms with E-state index in [9.17, 15) is 14.7 Å². The van der Waals surface area contributed by atoms with Crippen molar-refractivity contribution in [2.75, 3.05) is 11.9 Å². The number of para-hydroxylation sites is 1. The van der Waals surface area contributed by atoms with E-state index in [4.69, 9.17) is 0 Å². The fraction of sp³-hybridized carbons (Fsp3) is 0.300. The summed E-state index contributed by atoms with van der Waals surface area (Å²) in [6.07, 6.45) is -0.465. The van der Waals surface area contributed by atoms with E-state index in [0.717, 1.165) is 11.1 Å². The van der Waals surface area contributed by atoms with Crippen LogP contribution in [0.1, 0.15) is 17.5 Å². The molecule has 6 heteroatoms. The predicted octanol–water partition coefficient (Wildman–Crippen LogP) is 2.28. The first-order chi connectivity index (χ1) is 12.5. The Bertz CT molecular complexity index is 779. The van der Waals surface area contributed by atoms with Gasteiger partial charge in [-0.1, -0.05) is 42.5 Å². The van der Waals surface area contributed by atoms with Gasteiger partial charge in [-0.05, 0) is 30.2 Å². The molecule has 0 spiro atoms. The molecule has 0 bridgehead atoms. The number of carbonyl (C=O) groups is 2. The summed E-state index contributed by atoms with van der Waals surface area (Å²) in [6.45, 7) is 2.52. The number of aryl methyl sites for hydroxylation is 1. The fourth-order valence-electron chi connectivity index (χ4n) is 3.11. The molecule has 1 fully saturated rings. The molecule has 1 aliphatic rings. The zero-order valence-electron chi connectivity index (χ0n) is 14.7. The Morgan fingerprint density at radius 2 is 1.81 bits per heavy atom. The first-order valence-electron chi connectivity index (χ1n) is 8.67. The highest BCUT2D eigenvalue weighted by Crippen LogP contribution is 2.20. The maximum atomic E-state index is 12.6. The lowest BCUT2D eigenvalue weighted by atomic mass is 10.1. The number of benzene rings is 2. The van der Waals surface area contributed by atoms with Crippen LogP contribution in [0.5, 0.6) is 0 Å². The summed E-state index contributed by atoms with van der Waals surface area (Å²) in [4.78, 5) is 26.5. The van der Waals surface area contributed by atoms with Crippen LogP contribution in [-0.2, 0) is 11.3 Å². The Labute approximate surface area is 152 Å². The van der Waals surface area contributed by atoms with E-state index in [0.29, 0.717) is 12.2 Å². The third kappa shape index (κ3) is 4.21. The number of carbonyl (C=O) groups excluding carboxylic acids is 2. The maximum absolute atomic E-state index is 12.6. The molecule has 0 radical (unpaired) electrons. The number of anilines is 1. The summed E-state index contributed by atoms with van der Waals surface area (Å²) >= 11 is 0. The quantitative estimate of drug-likeness (QED) is 0.789. The van der Waals surface area contributed by atoms with Gasteiger partial charge in [0.2, 0.25) is 5.91 Å². The minimum absolute atomic E-state index is 0.140. The zero-order chi connectivity index (χ0) is 18.5. The molecular weight excluding hydrogens is 330 g/mol. The van der Waals surface area contributed by atoms with Crippen molar-refractivity contribution in [3.05, 3.63) is 65.7 Å². The second kappa shape index (κ2) is 8.01. The Balaban J connectivity index is 1.64. The van der Waals surface area contributed by atoms with E-state index in [1.165, 1.54) is 4.90 Å². The van der Waals surface area contributed by atoms with Crippen LogP contribution in [0.3, 0.4) is 0 Å². The number of amides is 3. The highest BCUT2D eigenvalue weighted by atomic mass is 16.3.